The summed E-state index contributed by atoms with van der Waals surface area (Å²) in [4.78, 5) is 17.3. The number of fused-ring (bicyclic) bond motifs is 1. The molecule has 3 heterocycles. The summed E-state index contributed by atoms with van der Waals surface area (Å²) >= 11 is 0. The number of carbonyl (C=O) groups excluding carboxylic acids is 1. The average Bonchev–Trinajstić information content (AvgIpc) is 3.17. The van der Waals surface area contributed by atoms with E-state index in [9.17, 15) is 13.2 Å². The van der Waals surface area contributed by atoms with Gasteiger partial charge in [-0.3, -0.25) is 0 Å². The van der Waals surface area contributed by atoms with Gasteiger partial charge in [0.05, 0.1) is 29.4 Å². The highest BCUT2D eigenvalue weighted by Crippen LogP contribution is 2.21. The molecule has 158 valence electrons. The molecule has 3 aromatic rings. The molecule has 0 bridgehead atoms. The molecule has 8 nitrogen and oxygen atoms in total. The third-order valence-electron chi connectivity index (χ3n) is 5.12. The molecule has 0 spiro atoms. The van der Waals surface area contributed by atoms with Crippen LogP contribution in [0.5, 0.6) is 0 Å². The van der Waals surface area contributed by atoms with Gasteiger partial charge in [0.25, 0.3) is 0 Å². The van der Waals surface area contributed by atoms with Gasteiger partial charge in [-0.15, -0.1) is 0 Å². The van der Waals surface area contributed by atoms with Gasteiger partial charge in [-0.25, -0.2) is 18.2 Å². The smallest absolute Gasteiger partial charge is 0.338 e. The van der Waals surface area contributed by atoms with E-state index < -0.39 is 16.0 Å². The first-order chi connectivity index (χ1) is 14.4. The minimum Gasteiger partial charge on any atom is -0.456 e. The fourth-order valence-electron chi connectivity index (χ4n) is 3.41. The van der Waals surface area contributed by atoms with Crippen molar-refractivity contribution < 1.29 is 22.7 Å². The Morgan fingerprint density at radius 1 is 1.17 bits per heavy atom. The van der Waals surface area contributed by atoms with Crippen molar-refractivity contribution in [2.45, 2.75) is 25.3 Å². The predicted molar refractivity (Wildman–Crippen MR) is 110 cm³/mol. The molecule has 30 heavy (non-hydrogen) atoms. The van der Waals surface area contributed by atoms with Crippen molar-refractivity contribution in [3.63, 3.8) is 0 Å². The number of hydrogen-bond donors (Lipinski definition) is 0. The van der Waals surface area contributed by atoms with Crippen LogP contribution >= 0.6 is 0 Å². The summed E-state index contributed by atoms with van der Waals surface area (Å²) in [6, 6.07) is 8.40. The largest absolute Gasteiger partial charge is 0.456 e. The van der Waals surface area contributed by atoms with E-state index in [1.54, 1.807) is 13.0 Å². The van der Waals surface area contributed by atoms with Crippen LogP contribution in [0.15, 0.2) is 47.6 Å². The van der Waals surface area contributed by atoms with Gasteiger partial charge in [0.2, 0.25) is 10.0 Å². The van der Waals surface area contributed by atoms with E-state index in [2.05, 4.69) is 4.98 Å². The Hall–Kier alpha value is -2.75. The molecular formula is C21H23N3O5S. The molecule has 1 aliphatic heterocycles. The number of morpholine rings is 1. The number of aromatic nitrogens is 2. The molecule has 4 rings (SSSR count). The molecule has 0 amide bonds. The zero-order valence-corrected chi connectivity index (χ0v) is 17.7. The molecule has 0 aliphatic carbocycles. The number of ether oxygens (including phenoxy) is 2. The van der Waals surface area contributed by atoms with Crippen LogP contribution in [0, 0.1) is 13.8 Å². The van der Waals surface area contributed by atoms with Crippen LogP contribution in [0.4, 0.5) is 0 Å². The van der Waals surface area contributed by atoms with E-state index in [1.165, 1.54) is 16.4 Å². The summed E-state index contributed by atoms with van der Waals surface area (Å²) in [6.45, 7) is 5.02. The van der Waals surface area contributed by atoms with E-state index in [0.29, 0.717) is 37.6 Å². The summed E-state index contributed by atoms with van der Waals surface area (Å²) < 4.78 is 39.7. The number of hydrogen-bond acceptors (Lipinski definition) is 6. The number of pyridine rings is 1. The van der Waals surface area contributed by atoms with E-state index >= 15 is 0 Å². The third-order valence-corrected chi connectivity index (χ3v) is 7.01. The molecule has 1 aromatic carbocycles. The second kappa shape index (κ2) is 8.17. The summed E-state index contributed by atoms with van der Waals surface area (Å²) in [5.74, 6) is -0.583. The lowest BCUT2D eigenvalue weighted by Gasteiger charge is -2.26. The number of aryl methyl sites for hydroxylation is 2. The normalized spacial score (nSPS) is 15.4. The van der Waals surface area contributed by atoms with Crippen molar-refractivity contribution >= 4 is 21.6 Å². The fourth-order valence-corrected chi connectivity index (χ4v) is 4.84. The second-order valence-electron chi connectivity index (χ2n) is 7.22. The summed E-state index contributed by atoms with van der Waals surface area (Å²) in [5.41, 5.74) is 3.31. The van der Waals surface area contributed by atoms with Crippen molar-refractivity contribution in [3.05, 3.63) is 65.1 Å². The van der Waals surface area contributed by atoms with Gasteiger partial charge in [-0.1, -0.05) is 12.1 Å². The number of carbonyl (C=O) groups is 1. The standard InChI is InChI=1S/C21H23N3O5S/c1-15-5-6-18(30(26,27)24-8-10-28-11-9-24)12-19(15)21(25)29-14-17-13-23-7-3-4-16(2)20(23)22-17/h3-7,12-13H,8-11,14H2,1-2H3. The van der Waals surface area contributed by atoms with Crippen molar-refractivity contribution in [2.24, 2.45) is 0 Å². The van der Waals surface area contributed by atoms with Crippen LogP contribution in [-0.2, 0) is 26.1 Å². The van der Waals surface area contributed by atoms with Crippen LogP contribution in [0.1, 0.15) is 27.2 Å². The first kappa shape index (κ1) is 20.5. The topological polar surface area (TPSA) is 90.2 Å². The van der Waals surface area contributed by atoms with E-state index in [1.807, 2.05) is 35.9 Å². The Labute approximate surface area is 175 Å². The van der Waals surface area contributed by atoms with Crippen LogP contribution in [0.2, 0.25) is 0 Å². The molecule has 0 saturated carbocycles. The lowest BCUT2D eigenvalue weighted by molar-refractivity contribution is 0.0467. The lowest BCUT2D eigenvalue weighted by Crippen LogP contribution is -2.40. The molecule has 0 radical (unpaired) electrons. The van der Waals surface area contributed by atoms with Crippen molar-refractivity contribution in [1.29, 1.82) is 0 Å². The fraction of sp³-hybridized carbons (Fsp3) is 0.333. The number of benzene rings is 1. The molecule has 0 N–H and O–H groups in total. The molecule has 1 aliphatic rings. The van der Waals surface area contributed by atoms with Crippen LogP contribution < -0.4 is 0 Å². The van der Waals surface area contributed by atoms with Gasteiger partial charge in [0.15, 0.2) is 0 Å². The Bertz CT molecular complexity index is 1200. The van der Waals surface area contributed by atoms with Crippen molar-refractivity contribution in [3.8, 4) is 0 Å². The maximum absolute atomic E-state index is 12.9. The first-order valence-electron chi connectivity index (χ1n) is 9.65. The number of rotatable bonds is 5. The van der Waals surface area contributed by atoms with Gasteiger partial charge in [0, 0.05) is 25.5 Å². The number of esters is 1. The van der Waals surface area contributed by atoms with E-state index in [-0.39, 0.29) is 17.1 Å². The summed E-state index contributed by atoms with van der Waals surface area (Å²) in [6.07, 6.45) is 3.69. The molecular weight excluding hydrogens is 406 g/mol. The molecule has 1 saturated heterocycles. The second-order valence-corrected chi connectivity index (χ2v) is 9.16. The SMILES string of the molecule is Cc1ccc(S(=O)(=O)N2CCOCC2)cc1C(=O)OCc1cn2cccc(C)c2n1. The zero-order chi connectivity index (χ0) is 21.3. The molecule has 2 aromatic heterocycles. The van der Waals surface area contributed by atoms with Crippen LogP contribution in [0.25, 0.3) is 5.65 Å². The first-order valence-corrected chi connectivity index (χ1v) is 11.1. The molecule has 0 unspecified atom stereocenters. The van der Waals surface area contributed by atoms with Crippen molar-refractivity contribution in [2.75, 3.05) is 26.3 Å². The van der Waals surface area contributed by atoms with E-state index in [4.69, 9.17) is 9.47 Å². The van der Waals surface area contributed by atoms with Crippen molar-refractivity contribution in [1.82, 2.24) is 13.7 Å². The highest BCUT2D eigenvalue weighted by Gasteiger charge is 2.27. The van der Waals surface area contributed by atoms with Gasteiger partial charge in [-0.2, -0.15) is 4.31 Å². The maximum atomic E-state index is 12.9. The summed E-state index contributed by atoms with van der Waals surface area (Å²) in [5, 5.41) is 0. The Morgan fingerprint density at radius 3 is 2.67 bits per heavy atom. The van der Waals surface area contributed by atoms with Crippen LogP contribution in [-0.4, -0.2) is 54.4 Å². The lowest BCUT2D eigenvalue weighted by atomic mass is 10.1. The van der Waals surface area contributed by atoms with Gasteiger partial charge >= 0.3 is 5.97 Å². The highest BCUT2D eigenvalue weighted by molar-refractivity contribution is 7.89. The number of sulfonamides is 1. The van der Waals surface area contributed by atoms with Crippen LogP contribution in [0.3, 0.4) is 0 Å². The van der Waals surface area contributed by atoms with Gasteiger partial charge in [-0.05, 0) is 43.2 Å². The Kier molecular flexibility index (Phi) is 5.59. The predicted octanol–water partition coefficient (Wildman–Crippen LogP) is 2.33. The van der Waals surface area contributed by atoms with E-state index in [0.717, 1.165) is 11.2 Å². The number of nitrogens with zero attached hydrogens (tertiary/aromatic N) is 3. The monoisotopic (exact) mass is 429 g/mol. The minimum absolute atomic E-state index is 0.000164. The molecule has 0 atom stereocenters. The third kappa shape index (κ3) is 3.96. The molecule has 9 heteroatoms. The number of imidazole rings is 1. The average molecular weight is 429 g/mol. The minimum atomic E-state index is -3.69. The quantitative estimate of drug-likeness (QED) is 0.578. The Balaban J connectivity index is 1.53. The van der Waals surface area contributed by atoms with Gasteiger partial charge < -0.3 is 13.9 Å². The Morgan fingerprint density at radius 2 is 1.93 bits per heavy atom. The molecule has 1 fully saturated rings. The highest BCUT2D eigenvalue weighted by atomic mass is 32.2. The maximum Gasteiger partial charge on any atom is 0.338 e. The summed E-state index contributed by atoms with van der Waals surface area (Å²) in [7, 11) is -3.69. The zero-order valence-electron chi connectivity index (χ0n) is 16.9. The van der Waals surface area contributed by atoms with Gasteiger partial charge in [0.1, 0.15) is 12.3 Å².